The molecule has 2 aromatic rings. The molecule has 0 bridgehead atoms. The van der Waals surface area contributed by atoms with Crippen LogP contribution in [-0.4, -0.2) is 28.1 Å². The fourth-order valence-electron chi connectivity index (χ4n) is 3.04. The lowest BCUT2D eigenvalue weighted by molar-refractivity contribution is -0.138. The number of benzene rings is 1. The summed E-state index contributed by atoms with van der Waals surface area (Å²) in [7, 11) is 0. The normalized spacial score (nSPS) is 19.2. The first-order chi connectivity index (χ1) is 12.1. The van der Waals surface area contributed by atoms with Gasteiger partial charge in [-0.3, -0.25) is 4.79 Å². The highest BCUT2D eigenvalue weighted by Gasteiger charge is 2.30. The minimum atomic E-state index is -0.729. The Morgan fingerprint density at radius 3 is 2.68 bits per heavy atom. The van der Waals surface area contributed by atoms with Crippen molar-refractivity contribution < 1.29 is 19.4 Å². The molecule has 0 aliphatic heterocycles. The molecule has 1 fully saturated rings. The van der Waals surface area contributed by atoms with Crippen LogP contribution in [0, 0.1) is 5.92 Å². The molecule has 0 spiro atoms. The van der Waals surface area contributed by atoms with Gasteiger partial charge in [0.25, 0.3) is 0 Å². The van der Waals surface area contributed by atoms with Crippen LogP contribution in [0.25, 0.3) is 0 Å². The Balaban J connectivity index is 1.40. The smallest absolute Gasteiger partial charge is 0.355 e. The van der Waals surface area contributed by atoms with Crippen molar-refractivity contribution in [3.05, 3.63) is 59.4 Å². The van der Waals surface area contributed by atoms with Crippen molar-refractivity contribution >= 4 is 11.9 Å². The molecule has 3 N–H and O–H groups in total. The molecule has 3 rings (SSSR count). The third kappa shape index (κ3) is 4.93. The lowest BCUT2D eigenvalue weighted by Crippen LogP contribution is -2.41. The van der Waals surface area contributed by atoms with Crippen molar-refractivity contribution in [3.63, 3.8) is 0 Å². The maximum atomic E-state index is 12.1. The van der Waals surface area contributed by atoms with E-state index in [2.05, 4.69) is 10.3 Å². The Morgan fingerprint density at radius 2 is 1.96 bits per heavy atom. The van der Waals surface area contributed by atoms with Crippen LogP contribution in [0.4, 0.5) is 0 Å². The van der Waals surface area contributed by atoms with Gasteiger partial charge in [0.15, 0.2) is 0 Å². The molecule has 1 aromatic carbocycles. The predicted molar refractivity (Wildman–Crippen MR) is 92.0 cm³/mol. The molecule has 1 aliphatic carbocycles. The predicted octanol–water partition coefficient (Wildman–Crippen LogP) is 2.71. The van der Waals surface area contributed by atoms with Crippen LogP contribution in [-0.2, 0) is 22.7 Å². The second kappa shape index (κ2) is 7.98. The van der Waals surface area contributed by atoms with Crippen molar-refractivity contribution in [1.82, 2.24) is 10.3 Å². The number of hydrogen-bond donors (Lipinski definition) is 3. The van der Waals surface area contributed by atoms with Crippen molar-refractivity contribution in [2.75, 3.05) is 0 Å². The SMILES string of the molecule is O=C(O)CC1CC(NCc2c[nH]c(C(=O)OCc3ccccc3)c2)C1. The standard InChI is InChI=1S/C19H22N2O4/c22-18(23)9-14-6-16(7-14)20-10-15-8-17(21-11-15)19(24)25-12-13-4-2-1-3-5-13/h1-5,8,11,14,16,20-21H,6-7,9-10,12H2,(H,22,23). The number of rotatable bonds is 8. The van der Waals surface area contributed by atoms with E-state index in [9.17, 15) is 9.59 Å². The number of aromatic nitrogens is 1. The maximum absolute atomic E-state index is 12.1. The molecular weight excluding hydrogens is 320 g/mol. The van der Waals surface area contributed by atoms with Crippen molar-refractivity contribution in [2.24, 2.45) is 5.92 Å². The molecule has 6 nitrogen and oxygen atoms in total. The lowest BCUT2D eigenvalue weighted by atomic mass is 9.78. The van der Waals surface area contributed by atoms with Gasteiger partial charge in [-0.05, 0) is 36.0 Å². The zero-order chi connectivity index (χ0) is 17.6. The molecule has 0 amide bonds. The summed E-state index contributed by atoms with van der Waals surface area (Å²) in [6.45, 7) is 0.895. The number of aliphatic carboxylic acids is 1. The number of carbonyl (C=O) groups excluding carboxylic acids is 1. The summed E-state index contributed by atoms with van der Waals surface area (Å²) in [6, 6.07) is 11.7. The van der Waals surface area contributed by atoms with E-state index in [1.165, 1.54) is 0 Å². The summed E-state index contributed by atoms with van der Waals surface area (Å²) < 4.78 is 5.29. The largest absolute Gasteiger partial charge is 0.481 e. The van der Waals surface area contributed by atoms with E-state index in [0.29, 0.717) is 18.3 Å². The first-order valence-electron chi connectivity index (χ1n) is 8.43. The van der Waals surface area contributed by atoms with E-state index in [0.717, 1.165) is 24.0 Å². The fraction of sp³-hybridized carbons (Fsp3) is 0.368. The molecule has 132 valence electrons. The molecule has 0 saturated heterocycles. The highest BCUT2D eigenvalue weighted by molar-refractivity contribution is 5.87. The average Bonchev–Trinajstić information content (AvgIpc) is 3.04. The number of carboxylic acids is 1. The zero-order valence-electron chi connectivity index (χ0n) is 13.9. The molecule has 1 heterocycles. The van der Waals surface area contributed by atoms with Crippen LogP contribution in [0.1, 0.15) is 40.9 Å². The third-order valence-corrected chi connectivity index (χ3v) is 4.47. The molecular formula is C19H22N2O4. The Hall–Kier alpha value is -2.60. The number of H-pyrrole nitrogens is 1. The van der Waals surface area contributed by atoms with E-state index in [4.69, 9.17) is 9.84 Å². The van der Waals surface area contributed by atoms with Crippen molar-refractivity contribution in [2.45, 2.75) is 38.5 Å². The number of nitrogens with one attached hydrogen (secondary N) is 2. The van der Waals surface area contributed by atoms with Gasteiger partial charge in [0.05, 0.1) is 0 Å². The number of esters is 1. The van der Waals surface area contributed by atoms with Crippen LogP contribution < -0.4 is 5.32 Å². The molecule has 0 atom stereocenters. The average molecular weight is 342 g/mol. The Bertz CT molecular complexity index is 720. The summed E-state index contributed by atoms with van der Waals surface area (Å²) in [4.78, 5) is 25.6. The number of carboxylic acid groups (broad SMARTS) is 1. The third-order valence-electron chi connectivity index (χ3n) is 4.47. The molecule has 1 aromatic heterocycles. The van der Waals surface area contributed by atoms with Crippen molar-refractivity contribution in [1.29, 1.82) is 0 Å². The highest BCUT2D eigenvalue weighted by atomic mass is 16.5. The molecule has 0 radical (unpaired) electrons. The minimum Gasteiger partial charge on any atom is -0.481 e. The van der Waals surface area contributed by atoms with Crippen molar-refractivity contribution in [3.8, 4) is 0 Å². The molecule has 1 aliphatic rings. The number of ether oxygens (including phenoxy) is 1. The highest BCUT2D eigenvalue weighted by Crippen LogP contribution is 2.30. The summed E-state index contributed by atoms with van der Waals surface area (Å²) in [5, 5.41) is 12.1. The van der Waals surface area contributed by atoms with Gasteiger partial charge < -0.3 is 20.1 Å². The maximum Gasteiger partial charge on any atom is 0.355 e. The van der Waals surface area contributed by atoms with Gasteiger partial charge in [-0.15, -0.1) is 0 Å². The Kier molecular flexibility index (Phi) is 5.50. The first-order valence-corrected chi connectivity index (χ1v) is 8.43. The second-order valence-corrected chi connectivity index (χ2v) is 6.50. The topological polar surface area (TPSA) is 91.4 Å². The summed E-state index contributed by atoms with van der Waals surface area (Å²) >= 11 is 0. The first kappa shape index (κ1) is 17.2. The quantitative estimate of drug-likeness (QED) is 0.642. The number of aromatic amines is 1. The van der Waals surface area contributed by atoms with E-state index >= 15 is 0 Å². The van der Waals surface area contributed by atoms with E-state index in [1.807, 2.05) is 30.3 Å². The van der Waals surface area contributed by atoms with Gasteiger partial charge in [0.1, 0.15) is 12.3 Å². The van der Waals surface area contributed by atoms with Gasteiger partial charge in [0, 0.05) is 25.2 Å². The van der Waals surface area contributed by atoms with E-state index in [-0.39, 0.29) is 24.9 Å². The molecule has 25 heavy (non-hydrogen) atoms. The van der Waals surface area contributed by atoms with Gasteiger partial charge in [-0.1, -0.05) is 30.3 Å². The van der Waals surface area contributed by atoms with Gasteiger partial charge in [0.2, 0.25) is 0 Å². The van der Waals surface area contributed by atoms with Crippen LogP contribution in [0.15, 0.2) is 42.6 Å². The van der Waals surface area contributed by atoms with Crippen LogP contribution in [0.3, 0.4) is 0 Å². The summed E-state index contributed by atoms with van der Waals surface area (Å²) in [6.07, 6.45) is 3.82. The fourth-order valence-corrected chi connectivity index (χ4v) is 3.04. The van der Waals surface area contributed by atoms with E-state index < -0.39 is 5.97 Å². The van der Waals surface area contributed by atoms with Crippen LogP contribution in [0.2, 0.25) is 0 Å². The van der Waals surface area contributed by atoms with E-state index in [1.54, 1.807) is 12.3 Å². The second-order valence-electron chi connectivity index (χ2n) is 6.50. The monoisotopic (exact) mass is 342 g/mol. The van der Waals surface area contributed by atoms with Gasteiger partial charge in [-0.2, -0.15) is 0 Å². The molecule has 0 unspecified atom stereocenters. The lowest BCUT2D eigenvalue weighted by Gasteiger charge is -2.35. The number of hydrogen-bond acceptors (Lipinski definition) is 4. The van der Waals surface area contributed by atoms with Crippen LogP contribution in [0.5, 0.6) is 0 Å². The van der Waals surface area contributed by atoms with Crippen LogP contribution >= 0.6 is 0 Å². The molecule has 1 saturated carbocycles. The minimum absolute atomic E-state index is 0.249. The Labute approximate surface area is 146 Å². The molecule has 6 heteroatoms. The summed E-state index contributed by atoms with van der Waals surface area (Å²) in [5.74, 6) is -0.822. The zero-order valence-corrected chi connectivity index (χ0v) is 13.9. The Morgan fingerprint density at radius 1 is 1.20 bits per heavy atom. The number of carbonyl (C=O) groups is 2. The summed E-state index contributed by atoms with van der Waals surface area (Å²) in [5.41, 5.74) is 2.36. The van der Waals surface area contributed by atoms with Gasteiger partial charge in [-0.25, -0.2) is 4.79 Å². The van der Waals surface area contributed by atoms with Gasteiger partial charge >= 0.3 is 11.9 Å².